The molecule has 1 N–H and O–H groups in total. The Morgan fingerprint density at radius 1 is 0.909 bits per heavy atom. The maximum atomic E-state index is 13.4. The molecule has 0 bridgehead atoms. The molecule has 0 spiro atoms. The molecular formula is C33H38Cl3N5O3. The number of fused-ring (bicyclic) bond motifs is 1. The van der Waals surface area contributed by atoms with E-state index < -0.39 is 0 Å². The predicted molar refractivity (Wildman–Crippen MR) is 181 cm³/mol. The number of piperazine rings is 1. The van der Waals surface area contributed by atoms with Gasteiger partial charge in [-0.1, -0.05) is 48.0 Å². The number of benzene rings is 3. The number of imidazole rings is 1. The van der Waals surface area contributed by atoms with Gasteiger partial charge in [-0.25, -0.2) is 4.98 Å². The highest BCUT2D eigenvalue weighted by Gasteiger charge is 2.23. The number of hydrogen-bond donors (Lipinski definition) is 1. The summed E-state index contributed by atoms with van der Waals surface area (Å²) in [6, 6.07) is 21.9. The summed E-state index contributed by atoms with van der Waals surface area (Å²) in [6.07, 6.45) is 0.870. The van der Waals surface area contributed by atoms with Gasteiger partial charge in [0.2, 0.25) is 0 Å². The Morgan fingerprint density at radius 3 is 2.39 bits per heavy atom. The lowest BCUT2D eigenvalue weighted by atomic mass is 10.1. The van der Waals surface area contributed by atoms with Gasteiger partial charge in [-0.2, -0.15) is 0 Å². The molecule has 0 aliphatic carbocycles. The second-order valence-corrected chi connectivity index (χ2v) is 11.1. The van der Waals surface area contributed by atoms with E-state index in [9.17, 15) is 4.79 Å². The fraction of sp³-hybridized carbons (Fsp3) is 0.333. The maximum absolute atomic E-state index is 13.4. The Balaban J connectivity index is 0.00000221. The van der Waals surface area contributed by atoms with Gasteiger partial charge in [-0.15, -0.1) is 24.8 Å². The average Bonchev–Trinajstić information content (AvgIpc) is 3.38. The minimum atomic E-state index is -0.165. The van der Waals surface area contributed by atoms with Crippen LogP contribution in [0.25, 0.3) is 17.1 Å². The quantitative estimate of drug-likeness (QED) is 0.222. The molecule has 8 nitrogen and oxygen atoms in total. The van der Waals surface area contributed by atoms with E-state index in [-0.39, 0.29) is 30.7 Å². The molecule has 4 aromatic rings. The topological polar surface area (TPSA) is 71.9 Å². The molecular weight excluding hydrogens is 621 g/mol. The molecule has 11 heteroatoms. The van der Waals surface area contributed by atoms with Crippen LogP contribution in [0.4, 0.5) is 5.69 Å². The van der Waals surface area contributed by atoms with Gasteiger partial charge >= 0.3 is 0 Å². The molecule has 0 unspecified atom stereocenters. The number of carbonyl (C=O) groups excluding carboxylic acids is 1. The van der Waals surface area contributed by atoms with E-state index in [0.29, 0.717) is 37.0 Å². The van der Waals surface area contributed by atoms with Crippen LogP contribution in [0.15, 0.2) is 66.7 Å². The zero-order chi connectivity index (χ0) is 29.1. The number of amides is 1. The van der Waals surface area contributed by atoms with Crippen LogP contribution in [-0.2, 0) is 0 Å². The Labute approximate surface area is 276 Å². The lowest BCUT2D eigenvalue weighted by molar-refractivity contribution is 0.0946. The molecule has 1 saturated heterocycles. The Bertz CT molecular complexity index is 1570. The van der Waals surface area contributed by atoms with Crippen LogP contribution in [-0.4, -0.2) is 72.8 Å². The highest BCUT2D eigenvalue weighted by Crippen LogP contribution is 2.35. The molecule has 0 atom stereocenters. The summed E-state index contributed by atoms with van der Waals surface area (Å²) in [5.41, 5.74) is 5.36. The Morgan fingerprint density at radius 2 is 1.64 bits per heavy atom. The zero-order valence-electron chi connectivity index (χ0n) is 24.9. The number of aromatic nitrogens is 2. The monoisotopic (exact) mass is 657 g/mol. The molecule has 6 rings (SSSR count). The van der Waals surface area contributed by atoms with Gasteiger partial charge in [0.25, 0.3) is 5.91 Å². The van der Waals surface area contributed by atoms with E-state index in [0.717, 1.165) is 72.4 Å². The molecule has 3 aromatic carbocycles. The number of nitrogens with zero attached hydrogens (tertiary/aromatic N) is 4. The fourth-order valence-corrected chi connectivity index (χ4v) is 5.89. The average molecular weight is 659 g/mol. The van der Waals surface area contributed by atoms with E-state index in [4.69, 9.17) is 26.1 Å². The number of anilines is 1. The Kier molecular flexibility index (Phi) is 11.4. The molecule has 2 aliphatic heterocycles. The van der Waals surface area contributed by atoms with Crippen LogP contribution in [0.2, 0.25) is 5.02 Å². The van der Waals surface area contributed by atoms with Crippen LogP contribution < -0.4 is 19.7 Å². The van der Waals surface area contributed by atoms with Crippen LogP contribution in [0.1, 0.15) is 28.2 Å². The molecule has 44 heavy (non-hydrogen) atoms. The maximum Gasteiger partial charge on any atom is 0.271 e. The lowest BCUT2D eigenvalue weighted by Gasteiger charge is -2.37. The number of halogens is 3. The number of hydrogen-bond acceptors (Lipinski definition) is 6. The van der Waals surface area contributed by atoms with E-state index in [1.165, 1.54) is 5.69 Å². The summed E-state index contributed by atoms with van der Waals surface area (Å²) < 4.78 is 13.6. The smallest absolute Gasteiger partial charge is 0.271 e. The first kappa shape index (κ1) is 33.5. The zero-order valence-corrected chi connectivity index (χ0v) is 27.3. The van der Waals surface area contributed by atoms with Crippen molar-refractivity contribution in [2.75, 3.05) is 57.4 Å². The van der Waals surface area contributed by atoms with Crippen LogP contribution in [0, 0.1) is 13.8 Å². The van der Waals surface area contributed by atoms with Crippen molar-refractivity contribution in [2.45, 2.75) is 20.3 Å². The third-order valence-electron chi connectivity index (χ3n) is 8.03. The molecule has 0 radical (unpaired) electrons. The summed E-state index contributed by atoms with van der Waals surface area (Å²) in [7, 11) is 0. The highest BCUT2D eigenvalue weighted by molar-refractivity contribution is 6.31. The third-order valence-corrected chi connectivity index (χ3v) is 8.44. The lowest BCUT2D eigenvalue weighted by Crippen LogP contribution is -2.47. The number of carbonyl (C=O) groups is 1. The molecule has 1 amide bonds. The molecule has 0 saturated carbocycles. The Hall–Kier alpha value is -3.43. The number of ether oxygens (including phenoxy) is 2. The first-order chi connectivity index (χ1) is 20.5. The summed E-state index contributed by atoms with van der Waals surface area (Å²) in [6.45, 7) is 10.5. The standard InChI is InChI=1S/C33H36ClN5O3.2ClH/c1-23-27(34)10-6-11-28(23)38-18-16-37(17-19-38)15-7-14-35-33(40)31-24(2)39(32(36-31)25-8-4-3-5-9-25)26-12-13-29-30(22-26)42-21-20-41-29;;/h3-6,8-13,22H,7,14-21H2,1-2H3,(H,35,40);2*1H. The van der Waals surface area contributed by atoms with Gasteiger partial charge in [0, 0.05) is 55.1 Å². The summed E-state index contributed by atoms with van der Waals surface area (Å²) >= 11 is 6.34. The minimum Gasteiger partial charge on any atom is -0.486 e. The van der Waals surface area contributed by atoms with Crippen molar-refractivity contribution < 1.29 is 14.3 Å². The van der Waals surface area contributed by atoms with Gasteiger partial charge in [0.15, 0.2) is 11.5 Å². The van der Waals surface area contributed by atoms with Gasteiger partial charge in [0.1, 0.15) is 24.7 Å². The first-order valence-electron chi connectivity index (χ1n) is 14.5. The molecule has 3 heterocycles. The van der Waals surface area contributed by atoms with Crippen molar-refractivity contribution in [1.29, 1.82) is 0 Å². The van der Waals surface area contributed by atoms with E-state index >= 15 is 0 Å². The second kappa shape index (κ2) is 15.0. The van der Waals surface area contributed by atoms with Gasteiger partial charge < -0.3 is 19.7 Å². The van der Waals surface area contributed by atoms with Crippen LogP contribution in [0.3, 0.4) is 0 Å². The highest BCUT2D eigenvalue weighted by atomic mass is 35.5. The van der Waals surface area contributed by atoms with E-state index in [1.54, 1.807) is 0 Å². The SMILES string of the molecule is Cc1c(Cl)cccc1N1CCN(CCCNC(=O)c2nc(-c3ccccc3)n(-c3ccc4c(c3)OCCO4)c2C)CC1.Cl.Cl. The summed E-state index contributed by atoms with van der Waals surface area (Å²) in [5, 5.41) is 3.92. The van der Waals surface area contributed by atoms with Crippen molar-refractivity contribution in [2.24, 2.45) is 0 Å². The molecule has 1 fully saturated rings. The minimum absolute atomic E-state index is 0. The molecule has 1 aromatic heterocycles. The van der Waals surface area contributed by atoms with Crippen LogP contribution >= 0.6 is 36.4 Å². The van der Waals surface area contributed by atoms with Crippen molar-refractivity contribution in [3.8, 4) is 28.6 Å². The van der Waals surface area contributed by atoms with Crippen molar-refractivity contribution in [1.82, 2.24) is 19.8 Å². The van der Waals surface area contributed by atoms with Gasteiger partial charge in [-0.3, -0.25) is 14.3 Å². The van der Waals surface area contributed by atoms with Crippen molar-refractivity contribution >= 4 is 48.0 Å². The van der Waals surface area contributed by atoms with Gasteiger partial charge in [-0.05, 0) is 56.6 Å². The normalized spacial score (nSPS) is 14.4. The number of nitrogens with one attached hydrogen (secondary N) is 1. The molecule has 234 valence electrons. The van der Waals surface area contributed by atoms with Crippen molar-refractivity contribution in [3.05, 3.63) is 88.7 Å². The third kappa shape index (κ3) is 7.10. The summed E-state index contributed by atoms with van der Waals surface area (Å²) in [5.74, 6) is 1.97. The van der Waals surface area contributed by atoms with Gasteiger partial charge in [0.05, 0.1) is 11.4 Å². The van der Waals surface area contributed by atoms with Crippen molar-refractivity contribution in [3.63, 3.8) is 0 Å². The predicted octanol–water partition coefficient (Wildman–Crippen LogP) is 6.37. The largest absolute Gasteiger partial charge is 0.486 e. The first-order valence-corrected chi connectivity index (χ1v) is 14.9. The van der Waals surface area contributed by atoms with Crippen LogP contribution in [0.5, 0.6) is 11.5 Å². The fourth-order valence-electron chi connectivity index (χ4n) is 5.72. The van der Waals surface area contributed by atoms with E-state index in [2.05, 4.69) is 28.1 Å². The second-order valence-electron chi connectivity index (χ2n) is 10.7. The summed E-state index contributed by atoms with van der Waals surface area (Å²) in [4.78, 5) is 23.1. The number of rotatable bonds is 8. The molecule has 2 aliphatic rings. The van der Waals surface area contributed by atoms with E-state index in [1.807, 2.05) is 72.2 Å².